The van der Waals surface area contributed by atoms with E-state index in [9.17, 15) is 9.90 Å². The number of benzene rings is 2. The maximum absolute atomic E-state index is 11.6. The van der Waals surface area contributed by atoms with Crippen LogP contribution in [-0.2, 0) is 11.2 Å². The van der Waals surface area contributed by atoms with E-state index < -0.39 is 0 Å². The highest BCUT2D eigenvalue weighted by Gasteiger charge is 2.17. The van der Waals surface area contributed by atoms with E-state index in [1.54, 1.807) is 0 Å². The van der Waals surface area contributed by atoms with Crippen LogP contribution in [0.5, 0.6) is 5.75 Å². The van der Waals surface area contributed by atoms with Crippen molar-refractivity contribution < 1.29 is 9.90 Å². The molecule has 3 rings (SSSR count). The Morgan fingerprint density at radius 1 is 1.20 bits per heavy atom. The zero-order chi connectivity index (χ0) is 14.3. The predicted molar refractivity (Wildman–Crippen MR) is 81.3 cm³/mol. The highest BCUT2D eigenvalue weighted by molar-refractivity contribution is 5.98. The molecule has 3 heteroatoms. The van der Waals surface area contributed by atoms with Gasteiger partial charge in [-0.25, -0.2) is 0 Å². The summed E-state index contributed by atoms with van der Waals surface area (Å²) in [5.41, 5.74) is 2.99. The molecule has 2 aromatic rings. The van der Waals surface area contributed by atoms with E-state index in [2.05, 4.69) is 25.2 Å². The Balaban J connectivity index is 2.23. The molecule has 0 spiro atoms. The van der Waals surface area contributed by atoms with Crippen LogP contribution in [0.4, 0.5) is 5.69 Å². The third kappa shape index (κ3) is 2.13. The van der Waals surface area contributed by atoms with E-state index in [0.717, 1.165) is 40.4 Å². The van der Waals surface area contributed by atoms with Gasteiger partial charge in [-0.05, 0) is 58.9 Å². The first-order chi connectivity index (χ1) is 9.56. The van der Waals surface area contributed by atoms with E-state index in [1.165, 1.54) is 0 Å². The van der Waals surface area contributed by atoms with Gasteiger partial charge in [-0.1, -0.05) is 19.9 Å². The fourth-order valence-electron chi connectivity index (χ4n) is 2.93. The quantitative estimate of drug-likeness (QED) is 0.823. The van der Waals surface area contributed by atoms with Crippen LogP contribution in [0.1, 0.15) is 43.7 Å². The summed E-state index contributed by atoms with van der Waals surface area (Å²) in [7, 11) is 0. The molecule has 1 aliphatic rings. The van der Waals surface area contributed by atoms with Crippen LogP contribution in [-0.4, -0.2) is 11.0 Å². The van der Waals surface area contributed by atoms with E-state index in [1.807, 2.05) is 18.2 Å². The zero-order valence-electron chi connectivity index (χ0n) is 11.9. The van der Waals surface area contributed by atoms with Gasteiger partial charge in [0.1, 0.15) is 5.75 Å². The van der Waals surface area contributed by atoms with Gasteiger partial charge in [-0.2, -0.15) is 0 Å². The van der Waals surface area contributed by atoms with Crippen LogP contribution >= 0.6 is 0 Å². The monoisotopic (exact) mass is 269 g/mol. The number of amides is 1. The number of nitrogens with one attached hydrogen (secondary N) is 1. The fourth-order valence-corrected chi connectivity index (χ4v) is 2.93. The number of phenolic OH excluding ortho intramolecular Hbond substituents is 1. The second-order valence-corrected chi connectivity index (χ2v) is 5.78. The molecule has 2 N–H and O–H groups in total. The van der Waals surface area contributed by atoms with Crippen LogP contribution < -0.4 is 5.32 Å². The molecule has 0 saturated carbocycles. The van der Waals surface area contributed by atoms with Gasteiger partial charge in [0.05, 0.1) is 0 Å². The van der Waals surface area contributed by atoms with Crippen LogP contribution in [0, 0.1) is 0 Å². The number of aryl methyl sites for hydroxylation is 1. The highest BCUT2D eigenvalue weighted by atomic mass is 16.3. The third-order valence-corrected chi connectivity index (χ3v) is 4.01. The number of anilines is 1. The second kappa shape index (κ2) is 4.82. The number of phenols is 1. The molecule has 104 valence electrons. The Kier molecular flexibility index (Phi) is 3.13. The minimum absolute atomic E-state index is 0.0751. The number of rotatable bonds is 1. The van der Waals surface area contributed by atoms with Crippen molar-refractivity contribution in [1.82, 2.24) is 0 Å². The summed E-state index contributed by atoms with van der Waals surface area (Å²) in [6.45, 7) is 4.15. The largest absolute Gasteiger partial charge is 0.508 e. The Morgan fingerprint density at radius 3 is 2.75 bits per heavy atom. The number of hydrogen-bond donors (Lipinski definition) is 2. The summed E-state index contributed by atoms with van der Waals surface area (Å²) in [6, 6.07) is 7.90. The number of carbonyl (C=O) groups is 1. The van der Waals surface area contributed by atoms with Crippen molar-refractivity contribution in [2.45, 2.75) is 39.0 Å². The van der Waals surface area contributed by atoms with Gasteiger partial charge in [-0.15, -0.1) is 0 Å². The van der Waals surface area contributed by atoms with Crippen molar-refractivity contribution in [2.75, 3.05) is 5.32 Å². The molecule has 0 fully saturated rings. The average molecular weight is 269 g/mol. The molecule has 1 amide bonds. The van der Waals surface area contributed by atoms with Crippen molar-refractivity contribution >= 4 is 22.4 Å². The molecule has 0 aromatic heterocycles. The summed E-state index contributed by atoms with van der Waals surface area (Å²) in [6.07, 6.45) is 2.28. The average Bonchev–Trinajstić information content (AvgIpc) is 2.58. The van der Waals surface area contributed by atoms with Gasteiger partial charge in [0.15, 0.2) is 0 Å². The molecule has 1 aliphatic heterocycles. The van der Waals surface area contributed by atoms with E-state index in [4.69, 9.17) is 0 Å². The predicted octanol–water partition coefficient (Wildman–Crippen LogP) is 3.94. The molecular formula is C17H19NO2. The van der Waals surface area contributed by atoms with E-state index in [-0.39, 0.29) is 11.8 Å². The normalized spacial score (nSPS) is 15.1. The molecule has 0 atom stereocenters. The first kappa shape index (κ1) is 13.0. The number of fused-ring (bicyclic) bond motifs is 3. The topological polar surface area (TPSA) is 49.3 Å². The number of aromatic hydroxyl groups is 1. The highest BCUT2D eigenvalue weighted by Crippen LogP contribution is 2.36. The van der Waals surface area contributed by atoms with Gasteiger partial charge >= 0.3 is 0 Å². The molecule has 0 bridgehead atoms. The smallest absolute Gasteiger partial charge is 0.224 e. The van der Waals surface area contributed by atoms with E-state index in [0.29, 0.717) is 12.2 Å². The van der Waals surface area contributed by atoms with Crippen molar-refractivity contribution in [1.29, 1.82) is 0 Å². The summed E-state index contributed by atoms with van der Waals surface area (Å²) >= 11 is 0. The van der Waals surface area contributed by atoms with Gasteiger partial charge in [0, 0.05) is 12.1 Å². The lowest BCUT2D eigenvalue weighted by Gasteiger charge is -2.14. The lowest BCUT2D eigenvalue weighted by atomic mass is 9.93. The second-order valence-electron chi connectivity index (χ2n) is 5.78. The zero-order valence-corrected chi connectivity index (χ0v) is 11.9. The Morgan fingerprint density at radius 2 is 2.00 bits per heavy atom. The lowest BCUT2D eigenvalue weighted by Crippen LogP contribution is -2.09. The molecule has 20 heavy (non-hydrogen) atoms. The maximum Gasteiger partial charge on any atom is 0.224 e. The summed E-state index contributed by atoms with van der Waals surface area (Å²) in [5.74, 6) is 0.709. The Bertz CT molecular complexity index is 689. The molecule has 0 unspecified atom stereocenters. The molecule has 0 aliphatic carbocycles. The SMILES string of the molecule is CC(C)c1cc2ccc3c(c2cc1O)CCCC(=O)N3. The Labute approximate surface area is 118 Å². The van der Waals surface area contributed by atoms with Crippen molar-refractivity contribution in [3.63, 3.8) is 0 Å². The number of hydrogen-bond acceptors (Lipinski definition) is 2. The first-order valence-corrected chi connectivity index (χ1v) is 7.14. The molecule has 1 heterocycles. The lowest BCUT2D eigenvalue weighted by molar-refractivity contribution is -0.116. The van der Waals surface area contributed by atoms with Gasteiger partial charge in [0.2, 0.25) is 5.91 Å². The van der Waals surface area contributed by atoms with Crippen molar-refractivity contribution in [3.05, 3.63) is 35.4 Å². The minimum Gasteiger partial charge on any atom is -0.508 e. The third-order valence-electron chi connectivity index (χ3n) is 4.01. The van der Waals surface area contributed by atoms with Gasteiger partial charge in [-0.3, -0.25) is 4.79 Å². The van der Waals surface area contributed by atoms with Crippen LogP contribution in [0.2, 0.25) is 0 Å². The summed E-state index contributed by atoms with van der Waals surface area (Å²) < 4.78 is 0. The molecule has 2 aromatic carbocycles. The molecular weight excluding hydrogens is 250 g/mol. The minimum atomic E-state index is 0.0751. The van der Waals surface area contributed by atoms with Crippen molar-refractivity contribution in [2.24, 2.45) is 0 Å². The van der Waals surface area contributed by atoms with Crippen LogP contribution in [0.3, 0.4) is 0 Å². The summed E-state index contributed by atoms with van der Waals surface area (Å²) in [5, 5.41) is 15.3. The van der Waals surface area contributed by atoms with Gasteiger partial charge in [0.25, 0.3) is 0 Å². The molecule has 0 saturated heterocycles. The van der Waals surface area contributed by atoms with Crippen LogP contribution in [0.25, 0.3) is 10.8 Å². The summed E-state index contributed by atoms with van der Waals surface area (Å²) in [4.78, 5) is 11.6. The molecule has 3 nitrogen and oxygen atoms in total. The molecule has 0 radical (unpaired) electrons. The van der Waals surface area contributed by atoms with Gasteiger partial charge < -0.3 is 10.4 Å². The number of carbonyl (C=O) groups excluding carboxylic acids is 1. The first-order valence-electron chi connectivity index (χ1n) is 7.14. The Hall–Kier alpha value is -2.03. The fraction of sp³-hybridized carbons (Fsp3) is 0.353. The van der Waals surface area contributed by atoms with Crippen molar-refractivity contribution in [3.8, 4) is 5.75 Å². The standard InChI is InChI=1S/C17H19NO2/c1-10(2)13-8-11-6-7-15-12(14(11)9-16(13)19)4-3-5-17(20)18-15/h6-10,19H,3-5H2,1-2H3,(H,18,20). The maximum atomic E-state index is 11.6. The van der Waals surface area contributed by atoms with E-state index >= 15 is 0 Å². The van der Waals surface area contributed by atoms with Crippen LogP contribution in [0.15, 0.2) is 24.3 Å².